The third kappa shape index (κ3) is 4.20. The normalized spacial score (nSPS) is 12.2. The van der Waals surface area contributed by atoms with E-state index in [-0.39, 0.29) is 6.10 Å². The summed E-state index contributed by atoms with van der Waals surface area (Å²) in [7, 11) is 3.42. The maximum atomic E-state index is 5.60. The number of hydrogen-bond acceptors (Lipinski definition) is 4. The second-order valence-corrected chi connectivity index (χ2v) is 4.31. The van der Waals surface area contributed by atoms with Gasteiger partial charge in [-0.3, -0.25) is 0 Å². The Labute approximate surface area is 110 Å². The highest BCUT2D eigenvalue weighted by molar-refractivity contribution is 5.58. The van der Waals surface area contributed by atoms with Gasteiger partial charge in [0.1, 0.15) is 5.75 Å². The molecule has 102 valence electrons. The van der Waals surface area contributed by atoms with Crippen molar-refractivity contribution in [1.29, 1.82) is 0 Å². The number of rotatable bonds is 8. The van der Waals surface area contributed by atoms with Gasteiger partial charge in [-0.05, 0) is 32.0 Å². The first kappa shape index (κ1) is 14.8. The molecule has 0 aliphatic heterocycles. The molecule has 0 saturated carbocycles. The van der Waals surface area contributed by atoms with Crippen LogP contribution < -0.4 is 15.4 Å². The molecule has 0 fully saturated rings. The van der Waals surface area contributed by atoms with E-state index in [1.54, 1.807) is 14.2 Å². The minimum Gasteiger partial charge on any atom is -0.495 e. The van der Waals surface area contributed by atoms with Gasteiger partial charge in [0.2, 0.25) is 0 Å². The summed E-state index contributed by atoms with van der Waals surface area (Å²) in [6, 6.07) is 8.04. The first-order valence-corrected chi connectivity index (χ1v) is 6.33. The van der Waals surface area contributed by atoms with Gasteiger partial charge in [0.05, 0.1) is 18.9 Å². The van der Waals surface area contributed by atoms with Crippen LogP contribution in [0.1, 0.15) is 13.3 Å². The van der Waals surface area contributed by atoms with E-state index in [9.17, 15) is 0 Å². The molecule has 0 aromatic heterocycles. The maximum Gasteiger partial charge on any atom is 0.142 e. The molecule has 0 spiro atoms. The molecule has 1 atom stereocenters. The highest BCUT2D eigenvalue weighted by atomic mass is 16.5. The Morgan fingerprint density at radius 2 is 2.00 bits per heavy atom. The molecule has 2 N–H and O–H groups in total. The van der Waals surface area contributed by atoms with Gasteiger partial charge < -0.3 is 20.1 Å². The second kappa shape index (κ2) is 7.95. The van der Waals surface area contributed by atoms with Crippen molar-refractivity contribution in [1.82, 2.24) is 0 Å². The smallest absolute Gasteiger partial charge is 0.142 e. The fraction of sp³-hybridized carbons (Fsp3) is 0.571. The highest BCUT2D eigenvalue weighted by Crippen LogP contribution is 2.27. The van der Waals surface area contributed by atoms with Crippen molar-refractivity contribution < 1.29 is 9.47 Å². The SMILES string of the molecule is COc1ccccc1N(CCCN)CC(C)OC. The zero-order valence-electron chi connectivity index (χ0n) is 11.6. The Bertz CT molecular complexity index is 344. The maximum absolute atomic E-state index is 5.60. The van der Waals surface area contributed by atoms with Gasteiger partial charge in [-0.2, -0.15) is 0 Å². The average molecular weight is 252 g/mol. The van der Waals surface area contributed by atoms with Crippen LogP contribution in [0.5, 0.6) is 5.75 Å². The number of methoxy groups -OCH3 is 2. The Balaban J connectivity index is 2.85. The molecule has 1 aromatic carbocycles. The minimum absolute atomic E-state index is 0.174. The van der Waals surface area contributed by atoms with E-state index < -0.39 is 0 Å². The molecule has 4 heteroatoms. The lowest BCUT2D eigenvalue weighted by molar-refractivity contribution is 0.123. The van der Waals surface area contributed by atoms with E-state index in [1.165, 1.54) is 0 Å². The van der Waals surface area contributed by atoms with Crippen LogP contribution in [-0.4, -0.2) is 40.0 Å². The lowest BCUT2D eigenvalue weighted by Gasteiger charge is -2.28. The van der Waals surface area contributed by atoms with E-state index in [2.05, 4.69) is 17.9 Å². The van der Waals surface area contributed by atoms with Crippen LogP contribution in [-0.2, 0) is 4.74 Å². The van der Waals surface area contributed by atoms with Gasteiger partial charge in [0.15, 0.2) is 0 Å². The van der Waals surface area contributed by atoms with Crippen molar-refractivity contribution in [2.24, 2.45) is 5.73 Å². The summed E-state index contributed by atoms with van der Waals surface area (Å²) in [6.07, 6.45) is 1.13. The van der Waals surface area contributed by atoms with Crippen molar-refractivity contribution in [2.75, 3.05) is 38.8 Å². The van der Waals surface area contributed by atoms with E-state index in [4.69, 9.17) is 15.2 Å². The molecule has 1 aromatic rings. The van der Waals surface area contributed by atoms with Gasteiger partial charge in [0.25, 0.3) is 0 Å². The molecule has 0 saturated heterocycles. The van der Waals surface area contributed by atoms with Gasteiger partial charge in [0, 0.05) is 20.2 Å². The predicted octanol–water partition coefficient (Wildman–Crippen LogP) is 1.89. The number of benzene rings is 1. The summed E-state index contributed by atoms with van der Waals surface area (Å²) in [4.78, 5) is 2.26. The average Bonchev–Trinajstić information content (AvgIpc) is 2.43. The summed E-state index contributed by atoms with van der Waals surface area (Å²) >= 11 is 0. The first-order valence-electron chi connectivity index (χ1n) is 6.33. The van der Waals surface area contributed by atoms with Gasteiger partial charge in [-0.1, -0.05) is 12.1 Å². The Hall–Kier alpha value is -1.26. The molecular formula is C14H24N2O2. The lowest BCUT2D eigenvalue weighted by atomic mass is 10.2. The van der Waals surface area contributed by atoms with Crippen LogP contribution in [0.15, 0.2) is 24.3 Å². The first-order chi connectivity index (χ1) is 8.72. The summed E-state index contributed by atoms with van der Waals surface area (Å²) in [5, 5.41) is 0. The molecule has 0 radical (unpaired) electrons. The third-order valence-electron chi connectivity index (χ3n) is 2.94. The molecule has 0 amide bonds. The molecule has 18 heavy (non-hydrogen) atoms. The molecule has 0 aliphatic carbocycles. The van der Waals surface area contributed by atoms with E-state index in [0.717, 1.165) is 30.9 Å². The summed E-state index contributed by atoms with van der Waals surface area (Å²) in [6.45, 7) is 4.49. The summed E-state index contributed by atoms with van der Waals surface area (Å²) in [5.74, 6) is 0.887. The van der Waals surface area contributed by atoms with Crippen LogP contribution in [0.2, 0.25) is 0 Å². The molecule has 0 heterocycles. The fourth-order valence-corrected chi connectivity index (χ4v) is 1.87. The van der Waals surface area contributed by atoms with Crippen LogP contribution in [0, 0.1) is 0 Å². The number of hydrogen-bond donors (Lipinski definition) is 1. The van der Waals surface area contributed by atoms with Gasteiger partial charge in [-0.15, -0.1) is 0 Å². The number of anilines is 1. The molecular weight excluding hydrogens is 228 g/mol. The van der Waals surface area contributed by atoms with Crippen LogP contribution in [0.3, 0.4) is 0 Å². The van der Waals surface area contributed by atoms with Crippen molar-refractivity contribution in [2.45, 2.75) is 19.4 Å². The Morgan fingerprint density at radius 1 is 1.28 bits per heavy atom. The topological polar surface area (TPSA) is 47.7 Å². The summed E-state index contributed by atoms with van der Waals surface area (Å²) < 4.78 is 10.7. The predicted molar refractivity (Wildman–Crippen MR) is 75.3 cm³/mol. The largest absolute Gasteiger partial charge is 0.495 e. The third-order valence-corrected chi connectivity index (χ3v) is 2.94. The number of para-hydroxylation sites is 2. The van der Waals surface area contributed by atoms with E-state index in [1.807, 2.05) is 18.2 Å². The van der Waals surface area contributed by atoms with Gasteiger partial charge in [-0.25, -0.2) is 0 Å². The van der Waals surface area contributed by atoms with E-state index in [0.29, 0.717) is 6.54 Å². The monoisotopic (exact) mass is 252 g/mol. The van der Waals surface area contributed by atoms with Crippen LogP contribution in [0.4, 0.5) is 5.69 Å². The van der Waals surface area contributed by atoms with Crippen LogP contribution >= 0.6 is 0 Å². The van der Waals surface area contributed by atoms with Crippen LogP contribution in [0.25, 0.3) is 0 Å². The molecule has 0 bridgehead atoms. The van der Waals surface area contributed by atoms with Gasteiger partial charge >= 0.3 is 0 Å². The molecule has 1 rings (SSSR count). The second-order valence-electron chi connectivity index (χ2n) is 4.31. The standard InChI is InChI=1S/C14H24N2O2/c1-12(17-2)11-16(10-6-9-15)13-7-4-5-8-14(13)18-3/h4-5,7-8,12H,6,9-11,15H2,1-3H3. The van der Waals surface area contributed by atoms with Crippen molar-refractivity contribution >= 4 is 5.69 Å². The Morgan fingerprint density at radius 3 is 2.61 bits per heavy atom. The zero-order chi connectivity index (χ0) is 13.4. The molecule has 1 unspecified atom stereocenters. The zero-order valence-corrected chi connectivity index (χ0v) is 11.6. The minimum atomic E-state index is 0.174. The van der Waals surface area contributed by atoms with E-state index >= 15 is 0 Å². The Kier molecular flexibility index (Phi) is 6.54. The number of nitrogens with two attached hydrogens (primary N) is 1. The molecule has 4 nitrogen and oxygen atoms in total. The van der Waals surface area contributed by atoms with Crippen molar-refractivity contribution in [3.63, 3.8) is 0 Å². The lowest BCUT2D eigenvalue weighted by Crippen LogP contribution is -2.34. The number of ether oxygens (including phenoxy) is 2. The quantitative estimate of drug-likeness (QED) is 0.767. The highest BCUT2D eigenvalue weighted by Gasteiger charge is 2.13. The summed E-state index contributed by atoms with van der Waals surface area (Å²) in [5.41, 5.74) is 6.69. The molecule has 0 aliphatic rings. The number of nitrogens with zero attached hydrogens (tertiary/aromatic N) is 1. The van der Waals surface area contributed by atoms with Crippen molar-refractivity contribution in [3.8, 4) is 5.75 Å². The fourth-order valence-electron chi connectivity index (χ4n) is 1.87. The van der Waals surface area contributed by atoms with Crippen molar-refractivity contribution in [3.05, 3.63) is 24.3 Å².